The molecule has 0 bridgehead atoms. The molecule has 1 aromatic heterocycles. The highest BCUT2D eigenvalue weighted by Gasteiger charge is 2.58. The van der Waals surface area contributed by atoms with Crippen molar-refractivity contribution in [2.24, 2.45) is 34.5 Å². The number of rotatable bonds is 2. The number of aromatic nitrogens is 1. The first-order valence-corrected chi connectivity index (χ1v) is 11.4. The van der Waals surface area contributed by atoms with E-state index in [0.717, 1.165) is 37.0 Å². The minimum Gasteiger partial charge on any atom is -0.495 e. The van der Waals surface area contributed by atoms with Gasteiger partial charge in [0.05, 0.1) is 13.3 Å². The maximum atomic E-state index is 12.2. The van der Waals surface area contributed by atoms with E-state index in [9.17, 15) is 4.79 Å². The van der Waals surface area contributed by atoms with Crippen LogP contribution in [0.25, 0.3) is 5.57 Å². The molecule has 6 atom stereocenters. The first-order chi connectivity index (χ1) is 14.0. The van der Waals surface area contributed by atoms with Gasteiger partial charge in [-0.15, -0.1) is 0 Å². The fraction of sp³-hybridized carbons (Fsp3) is 0.680. The first kappa shape index (κ1) is 19.1. The number of fused-ring (bicyclic) bond motifs is 5. The van der Waals surface area contributed by atoms with Crippen LogP contribution in [0.4, 0.5) is 0 Å². The zero-order valence-corrected chi connectivity index (χ0v) is 18.0. The summed E-state index contributed by atoms with van der Waals surface area (Å²) in [5.41, 5.74) is 3.26. The summed E-state index contributed by atoms with van der Waals surface area (Å²) >= 11 is 0. The van der Waals surface area contributed by atoms with Crippen molar-refractivity contribution in [1.82, 2.24) is 10.3 Å². The molecule has 4 nitrogen and oxygen atoms in total. The van der Waals surface area contributed by atoms with Crippen LogP contribution >= 0.6 is 0 Å². The van der Waals surface area contributed by atoms with Crippen LogP contribution in [0, 0.1) is 34.5 Å². The van der Waals surface area contributed by atoms with Crippen molar-refractivity contribution in [3.05, 3.63) is 30.1 Å². The van der Waals surface area contributed by atoms with Gasteiger partial charge >= 0.3 is 0 Å². The van der Waals surface area contributed by atoms with Gasteiger partial charge in [-0.1, -0.05) is 19.9 Å². The number of amides is 1. The van der Waals surface area contributed by atoms with Gasteiger partial charge in [0.15, 0.2) is 0 Å². The molecule has 3 fully saturated rings. The molecule has 6 unspecified atom stereocenters. The summed E-state index contributed by atoms with van der Waals surface area (Å²) in [6, 6.07) is 2.15. The van der Waals surface area contributed by atoms with E-state index in [-0.39, 0.29) is 11.3 Å². The lowest BCUT2D eigenvalue weighted by Crippen LogP contribution is -2.51. The van der Waals surface area contributed by atoms with Crippen LogP contribution in [0.2, 0.25) is 0 Å². The van der Waals surface area contributed by atoms with Crippen LogP contribution in [-0.2, 0) is 4.79 Å². The summed E-state index contributed by atoms with van der Waals surface area (Å²) in [7, 11) is 1.71. The van der Waals surface area contributed by atoms with E-state index >= 15 is 0 Å². The van der Waals surface area contributed by atoms with E-state index < -0.39 is 0 Å². The third-order valence-corrected chi connectivity index (χ3v) is 9.32. The Hall–Kier alpha value is -1.84. The predicted molar refractivity (Wildman–Crippen MR) is 114 cm³/mol. The molecule has 5 rings (SSSR count). The molecular formula is C25H34N2O2. The lowest BCUT2D eigenvalue weighted by molar-refractivity contribution is -0.124. The number of carbonyl (C=O) groups excluding carboxylic acids is 1. The van der Waals surface area contributed by atoms with Gasteiger partial charge < -0.3 is 10.1 Å². The number of nitrogens with zero attached hydrogens (tertiary/aromatic N) is 1. The van der Waals surface area contributed by atoms with Gasteiger partial charge in [-0.2, -0.15) is 0 Å². The Balaban J connectivity index is 1.44. The average molecular weight is 395 g/mol. The Kier molecular flexibility index (Phi) is 4.52. The van der Waals surface area contributed by atoms with Crippen molar-refractivity contribution in [3.8, 4) is 5.75 Å². The molecule has 1 N–H and O–H groups in total. The Morgan fingerprint density at radius 2 is 2.00 bits per heavy atom. The van der Waals surface area contributed by atoms with Gasteiger partial charge in [0, 0.05) is 19.2 Å². The molecule has 1 aromatic rings. The summed E-state index contributed by atoms with van der Waals surface area (Å²) < 4.78 is 5.44. The molecule has 0 radical (unpaired) electrons. The Morgan fingerprint density at radius 1 is 1.14 bits per heavy atom. The lowest BCUT2D eigenvalue weighted by Gasteiger charge is -2.58. The highest BCUT2D eigenvalue weighted by molar-refractivity contribution is 5.76. The molecule has 1 amide bonds. The van der Waals surface area contributed by atoms with Crippen LogP contribution in [0.15, 0.2) is 24.5 Å². The number of pyridine rings is 1. The van der Waals surface area contributed by atoms with Crippen molar-refractivity contribution in [1.29, 1.82) is 0 Å². The predicted octanol–water partition coefficient (Wildman–Crippen LogP) is 4.85. The zero-order chi connectivity index (χ0) is 20.2. The van der Waals surface area contributed by atoms with E-state index in [4.69, 9.17) is 4.74 Å². The third kappa shape index (κ3) is 2.85. The summed E-state index contributed by atoms with van der Waals surface area (Å²) in [6.07, 6.45) is 14.4. The van der Waals surface area contributed by atoms with Crippen LogP contribution in [-0.4, -0.2) is 24.5 Å². The van der Waals surface area contributed by atoms with Gasteiger partial charge in [-0.3, -0.25) is 9.78 Å². The van der Waals surface area contributed by atoms with Crippen molar-refractivity contribution in [2.45, 2.75) is 58.8 Å². The normalized spacial score (nSPS) is 41.3. The summed E-state index contributed by atoms with van der Waals surface area (Å²) in [5, 5.41) is 3.15. The highest BCUT2D eigenvalue weighted by Crippen LogP contribution is 2.66. The van der Waals surface area contributed by atoms with E-state index in [1.165, 1.54) is 43.2 Å². The molecule has 2 heterocycles. The Morgan fingerprint density at radius 3 is 2.83 bits per heavy atom. The van der Waals surface area contributed by atoms with Gasteiger partial charge in [0.25, 0.3) is 0 Å². The van der Waals surface area contributed by atoms with Crippen LogP contribution in [0.3, 0.4) is 0 Å². The maximum Gasteiger partial charge on any atom is 0.220 e. The third-order valence-electron chi connectivity index (χ3n) is 9.32. The summed E-state index contributed by atoms with van der Waals surface area (Å²) in [4.78, 5) is 16.6. The van der Waals surface area contributed by atoms with E-state index in [1.807, 2.05) is 6.20 Å². The molecule has 0 spiro atoms. The molecule has 2 saturated carbocycles. The van der Waals surface area contributed by atoms with E-state index in [0.29, 0.717) is 17.3 Å². The van der Waals surface area contributed by atoms with Crippen LogP contribution < -0.4 is 10.1 Å². The Labute approximate surface area is 174 Å². The summed E-state index contributed by atoms with van der Waals surface area (Å²) in [5.74, 6) is 3.92. The van der Waals surface area contributed by atoms with Crippen LogP contribution in [0.5, 0.6) is 5.75 Å². The zero-order valence-electron chi connectivity index (χ0n) is 18.0. The SMILES string of the molecule is COc1cncc(C2=CCC3C4CCC5CC(=O)NCCC5(C)C4CCC23C)c1. The number of hydrogen-bond acceptors (Lipinski definition) is 3. The van der Waals surface area contributed by atoms with Gasteiger partial charge in [-0.25, -0.2) is 0 Å². The topological polar surface area (TPSA) is 51.2 Å². The monoisotopic (exact) mass is 394 g/mol. The smallest absolute Gasteiger partial charge is 0.220 e. The number of methoxy groups -OCH3 is 1. The largest absolute Gasteiger partial charge is 0.495 e. The summed E-state index contributed by atoms with van der Waals surface area (Å²) in [6.45, 7) is 5.86. The number of ether oxygens (including phenoxy) is 1. The molecule has 1 saturated heterocycles. The number of carbonyl (C=O) groups is 1. The van der Waals surface area contributed by atoms with E-state index in [1.54, 1.807) is 13.3 Å². The van der Waals surface area contributed by atoms with Crippen molar-refractivity contribution in [2.75, 3.05) is 13.7 Å². The second-order valence-corrected chi connectivity index (χ2v) is 10.4. The van der Waals surface area contributed by atoms with Crippen LogP contribution in [0.1, 0.15) is 64.4 Å². The van der Waals surface area contributed by atoms with Crippen molar-refractivity contribution in [3.63, 3.8) is 0 Å². The minimum atomic E-state index is 0.233. The maximum absolute atomic E-state index is 12.2. The number of nitrogens with one attached hydrogen (secondary N) is 1. The Bertz CT molecular complexity index is 849. The fourth-order valence-corrected chi connectivity index (χ4v) is 7.72. The molecular weight excluding hydrogens is 360 g/mol. The second kappa shape index (κ2) is 6.85. The molecule has 4 heteroatoms. The standard InChI is InChI=1S/C25H34N2O2/c1-24-10-11-27-23(28)13-17(24)4-5-19-21-7-6-20(25(21,2)9-8-22(19)24)16-12-18(29-3)15-26-14-16/h6,12,14-15,17,19,21-22H,4-5,7-11,13H2,1-3H3,(H,27,28). The number of hydrogen-bond donors (Lipinski definition) is 1. The molecule has 3 aliphatic carbocycles. The quantitative estimate of drug-likeness (QED) is 0.780. The van der Waals surface area contributed by atoms with Crippen molar-refractivity contribution < 1.29 is 9.53 Å². The molecule has 156 valence electrons. The van der Waals surface area contributed by atoms with Gasteiger partial charge in [0.2, 0.25) is 5.91 Å². The first-order valence-electron chi connectivity index (χ1n) is 11.4. The molecule has 1 aliphatic heterocycles. The molecule has 29 heavy (non-hydrogen) atoms. The van der Waals surface area contributed by atoms with Crippen molar-refractivity contribution >= 4 is 11.5 Å². The van der Waals surface area contributed by atoms with Gasteiger partial charge in [-0.05, 0) is 90.2 Å². The molecule has 4 aliphatic rings. The second-order valence-electron chi connectivity index (χ2n) is 10.4. The molecule has 0 aromatic carbocycles. The van der Waals surface area contributed by atoms with E-state index in [2.05, 4.69) is 36.3 Å². The minimum absolute atomic E-state index is 0.233. The number of allylic oxidation sites excluding steroid dienone is 2. The lowest BCUT2D eigenvalue weighted by atomic mass is 9.46. The fourth-order valence-electron chi connectivity index (χ4n) is 7.72. The highest BCUT2D eigenvalue weighted by atomic mass is 16.5. The van der Waals surface area contributed by atoms with Gasteiger partial charge in [0.1, 0.15) is 5.75 Å². The average Bonchev–Trinajstić information content (AvgIpc) is 2.99.